The van der Waals surface area contributed by atoms with Gasteiger partial charge in [-0.2, -0.15) is 0 Å². The Hall–Kier alpha value is -1.63. The second-order valence-electron chi connectivity index (χ2n) is 5.42. The second-order valence-corrected chi connectivity index (χ2v) is 5.42. The first-order chi connectivity index (χ1) is 10.0. The molecule has 4 N–H and O–H groups in total. The Morgan fingerprint density at radius 1 is 1.24 bits per heavy atom. The molecule has 7 heteroatoms. The van der Waals surface area contributed by atoms with E-state index in [4.69, 9.17) is 5.11 Å². The first-order valence-corrected chi connectivity index (χ1v) is 7.55. The quantitative estimate of drug-likeness (QED) is 0.494. The Labute approximate surface area is 124 Å². The number of amides is 3. The van der Waals surface area contributed by atoms with Crippen molar-refractivity contribution >= 4 is 17.9 Å². The fourth-order valence-electron chi connectivity index (χ4n) is 2.57. The van der Waals surface area contributed by atoms with Crippen LogP contribution < -0.4 is 16.0 Å². The van der Waals surface area contributed by atoms with E-state index in [1.807, 2.05) is 6.92 Å². The first-order valence-electron chi connectivity index (χ1n) is 7.55. The number of hydrogen-bond donors (Lipinski definition) is 4. The number of aliphatic carboxylic acids is 1. The zero-order chi connectivity index (χ0) is 15.7. The molecule has 1 fully saturated rings. The highest BCUT2D eigenvalue weighted by Crippen LogP contribution is 2.31. The van der Waals surface area contributed by atoms with Crippen molar-refractivity contribution in [3.63, 3.8) is 0 Å². The summed E-state index contributed by atoms with van der Waals surface area (Å²) in [7, 11) is 0. The summed E-state index contributed by atoms with van der Waals surface area (Å²) in [6, 6.07) is -0.487. The van der Waals surface area contributed by atoms with E-state index in [2.05, 4.69) is 16.0 Å². The standard InChI is InChI=1S/C14H25N3O4/c1-2-3-7-16-14(21)17-12(18)9-15-8-10-5-4-6-11(10)13(19)20/h10-11,15H,2-9H2,1H3,(H,19,20)(H2,16,17,18,21). The molecule has 0 radical (unpaired) electrons. The summed E-state index contributed by atoms with van der Waals surface area (Å²) in [6.45, 7) is 3.07. The largest absolute Gasteiger partial charge is 0.481 e. The number of urea groups is 1. The molecule has 0 heterocycles. The lowest BCUT2D eigenvalue weighted by atomic mass is 9.96. The topological polar surface area (TPSA) is 108 Å². The van der Waals surface area contributed by atoms with Crippen LogP contribution in [0.5, 0.6) is 0 Å². The van der Waals surface area contributed by atoms with Gasteiger partial charge in [0.2, 0.25) is 5.91 Å². The number of carboxylic acid groups (broad SMARTS) is 1. The average molecular weight is 299 g/mol. The van der Waals surface area contributed by atoms with Crippen molar-refractivity contribution in [3.05, 3.63) is 0 Å². The fourth-order valence-corrected chi connectivity index (χ4v) is 2.57. The molecule has 120 valence electrons. The number of hydrogen-bond acceptors (Lipinski definition) is 4. The maximum atomic E-state index is 11.5. The Balaban J connectivity index is 2.15. The minimum absolute atomic E-state index is 0.0179. The van der Waals surface area contributed by atoms with Gasteiger partial charge in [-0.05, 0) is 31.7 Å². The Morgan fingerprint density at radius 3 is 2.67 bits per heavy atom. The Morgan fingerprint density at radius 2 is 2.00 bits per heavy atom. The molecule has 21 heavy (non-hydrogen) atoms. The van der Waals surface area contributed by atoms with Gasteiger partial charge in [0.05, 0.1) is 12.5 Å². The second kappa shape index (κ2) is 9.33. The zero-order valence-electron chi connectivity index (χ0n) is 12.5. The van der Waals surface area contributed by atoms with Crippen molar-refractivity contribution in [1.82, 2.24) is 16.0 Å². The summed E-state index contributed by atoms with van der Waals surface area (Å²) in [5, 5.41) is 16.8. The van der Waals surface area contributed by atoms with Crippen LogP contribution >= 0.6 is 0 Å². The molecule has 1 saturated carbocycles. The molecular formula is C14H25N3O4. The summed E-state index contributed by atoms with van der Waals surface area (Å²) in [4.78, 5) is 33.9. The molecule has 0 aromatic carbocycles. The number of imide groups is 1. The summed E-state index contributed by atoms with van der Waals surface area (Å²) >= 11 is 0. The first kappa shape index (κ1) is 17.4. The summed E-state index contributed by atoms with van der Waals surface area (Å²) in [5.74, 6) is -1.43. The van der Waals surface area contributed by atoms with Crippen LogP contribution in [0, 0.1) is 11.8 Å². The number of unbranched alkanes of at least 4 members (excludes halogenated alkanes) is 1. The van der Waals surface area contributed by atoms with Crippen LogP contribution in [0.1, 0.15) is 39.0 Å². The molecular weight excluding hydrogens is 274 g/mol. The van der Waals surface area contributed by atoms with E-state index in [0.29, 0.717) is 19.5 Å². The van der Waals surface area contributed by atoms with Crippen LogP contribution in [0.4, 0.5) is 4.79 Å². The lowest BCUT2D eigenvalue weighted by molar-refractivity contribution is -0.142. The van der Waals surface area contributed by atoms with Gasteiger partial charge in [-0.25, -0.2) is 4.79 Å². The summed E-state index contributed by atoms with van der Waals surface area (Å²) < 4.78 is 0. The number of carbonyl (C=O) groups is 3. The van der Waals surface area contributed by atoms with E-state index in [0.717, 1.165) is 25.7 Å². The highest BCUT2D eigenvalue weighted by molar-refractivity contribution is 5.95. The van der Waals surface area contributed by atoms with Crippen molar-refractivity contribution in [2.45, 2.75) is 39.0 Å². The van der Waals surface area contributed by atoms with Crippen molar-refractivity contribution in [3.8, 4) is 0 Å². The maximum Gasteiger partial charge on any atom is 0.321 e. The van der Waals surface area contributed by atoms with E-state index in [1.165, 1.54) is 0 Å². The van der Waals surface area contributed by atoms with Gasteiger partial charge in [-0.15, -0.1) is 0 Å². The predicted octanol–water partition coefficient (Wildman–Crippen LogP) is 0.703. The normalized spacial score (nSPS) is 21.0. The highest BCUT2D eigenvalue weighted by atomic mass is 16.4. The molecule has 2 unspecified atom stereocenters. The average Bonchev–Trinajstić information content (AvgIpc) is 2.87. The third kappa shape index (κ3) is 6.57. The smallest absolute Gasteiger partial charge is 0.321 e. The van der Waals surface area contributed by atoms with E-state index in [9.17, 15) is 14.4 Å². The zero-order valence-corrected chi connectivity index (χ0v) is 12.5. The molecule has 1 aliphatic carbocycles. The van der Waals surface area contributed by atoms with Gasteiger partial charge in [0.15, 0.2) is 0 Å². The molecule has 1 rings (SSSR count). The fraction of sp³-hybridized carbons (Fsp3) is 0.786. The van der Waals surface area contributed by atoms with Crippen molar-refractivity contribution in [2.75, 3.05) is 19.6 Å². The molecule has 3 amide bonds. The van der Waals surface area contributed by atoms with Crippen molar-refractivity contribution in [2.24, 2.45) is 11.8 Å². The molecule has 0 aromatic heterocycles. The molecule has 0 aliphatic heterocycles. The van der Waals surface area contributed by atoms with Crippen molar-refractivity contribution < 1.29 is 19.5 Å². The van der Waals surface area contributed by atoms with E-state index >= 15 is 0 Å². The van der Waals surface area contributed by atoms with Gasteiger partial charge in [0.1, 0.15) is 0 Å². The number of carbonyl (C=O) groups excluding carboxylic acids is 2. The lowest BCUT2D eigenvalue weighted by Gasteiger charge is -2.16. The molecule has 0 aromatic rings. The van der Waals surface area contributed by atoms with E-state index < -0.39 is 17.9 Å². The van der Waals surface area contributed by atoms with Gasteiger partial charge in [0.25, 0.3) is 0 Å². The van der Waals surface area contributed by atoms with Crippen LogP contribution in [0.25, 0.3) is 0 Å². The SMILES string of the molecule is CCCCNC(=O)NC(=O)CNCC1CCCC1C(=O)O. The Kier molecular flexibility index (Phi) is 7.74. The number of nitrogens with one attached hydrogen (secondary N) is 3. The maximum absolute atomic E-state index is 11.5. The van der Waals surface area contributed by atoms with Gasteiger partial charge in [0, 0.05) is 6.54 Å². The molecule has 0 saturated heterocycles. The highest BCUT2D eigenvalue weighted by Gasteiger charge is 2.32. The number of rotatable bonds is 8. The van der Waals surface area contributed by atoms with Crippen LogP contribution in [-0.4, -0.2) is 42.6 Å². The molecule has 1 aliphatic rings. The molecule has 0 bridgehead atoms. The minimum atomic E-state index is -0.765. The van der Waals surface area contributed by atoms with Crippen LogP contribution in [0.2, 0.25) is 0 Å². The molecule has 0 spiro atoms. The minimum Gasteiger partial charge on any atom is -0.481 e. The van der Waals surface area contributed by atoms with Crippen LogP contribution in [-0.2, 0) is 9.59 Å². The monoisotopic (exact) mass is 299 g/mol. The van der Waals surface area contributed by atoms with Gasteiger partial charge >= 0.3 is 12.0 Å². The van der Waals surface area contributed by atoms with Gasteiger partial charge in [-0.3, -0.25) is 14.9 Å². The predicted molar refractivity (Wildman–Crippen MR) is 77.8 cm³/mol. The lowest BCUT2D eigenvalue weighted by Crippen LogP contribution is -2.44. The van der Waals surface area contributed by atoms with E-state index in [-0.39, 0.29) is 18.4 Å². The van der Waals surface area contributed by atoms with Crippen LogP contribution in [0.3, 0.4) is 0 Å². The number of carboxylic acids is 1. The van der Waals surface area contributed by atoms with Gasteiger partial charge in [-0.1, -0.05) is 19.8 Å². The summed E-state index contributed by atoms with van der Waals surface area (Å²) in [5.41, 5.74) is 0. The van der Waals surface area contributed by atoms with Crippen molar-refractivity contribution in [1.29, 1.82) is 0 Å². The Bertz CT molecular complexity index is 373. The van der Waals surface area contributed by atoms with E-state index in [1.54, 1.807) is 0 Å². The van der Waals surface area contributed by atoms with Gasteiger partial charge < -0.3 is 15.7 Å². The molecule has 2 atom stereocenters. The summed E-state index contributed by atoms with van der Waals surface area (Å²) in [6.07, 6.45) is 4.33. The van der Waals surface area contributed by atoms with Crippen LogP contribution in [0.15, 0.2) is 0 Å². The third-order valence-electron chi connectivity index (χ3n) is 3.74. The third-order valence-corrected chi connectivity index (χ3v) is 3.74. The molecule has 7 nitrogen and oxygen atoms in total.